The average Bonchev–Trinajstić information content (AvgIpc) is 3.14. The highest BCUT2D eigenvalue weighted by molar-refractivity contribution is 5.95. The summed E-state index contributed by atoms with van der Waals surface area (Å²) in [5.74, 6) is 3.32. The fourth-order valence-corrected chi connectivity index (χ4v) is 2.94. The molecule has 0 saturated carbocycles. The first-order chi connectivity index (χ1) is 13.4. The molecular weight excluding hydrogens is 366 g/mol. The van der Waals surface area contributed by atoms with Gasteiger partial charge in [-0.2, -0.15) is 0 Å². The summed E-state index contributed by atoms with van der Waals surface area (Å²) in [4.78, 5) is 16.6. The van der Waals surface area contributed by atoms with Crippen LogP contribution in [0.15, 0.2) is 35.5 Å². The van der Waals surface area contributed by atoms with Gasteiger partial charge in [0.15, 0.2) is 18.2 Å². The van der Waals surface area contributed by atoms with Gasteiger partial charge in [-0.15, -0.1) is 0 Å². The van der Waals surface area contributed by atoms with Crippen LogP contribution in [0.3, 0.4) is 0 Å². The lowest BCUT2D eigenvalue weighted by atomic mass is 10.0. The lowest BCUT2D eigenvalue weighted by Gasteiger charge is -2.22. The Morgan fingerprint density at radius 3 is 2.79 bits per heavy atom. The van der Waals surface area contributed by atoms with Crippen LogP contribution in [0, 0.1) is 11.8 Å². The number of nitrogens with zero attached hydrogens (tertiary/aromatic N) is 1. The number of aliphatic hydroxyl groups excluding tert-OH is 1. The molecule has 8 nitrogen and oxygen atoms in total. The lowest BCUT2D eigenvalue weighted by molar-refractivity contribution is -0.204. The Morgan fingerprint density at radius 1 is 1.32 bits per heavy atom. The number of hydrogen-bond acceptors (Lipinski definition) is 8. The highest BCUT2D eigenvalue weighted by Crippen LogP contribution is 2.37. The summed E-state index contributed by atoms with van der Waals surface area (Å²) < 4.78 is 21.8. The molecule has 0 bridgehead atoms. The first-order valence-corrected chi connectivity index (χ1v) is 8.89. The number of hydrogen-bond donors (Lipinski definition) is 1. The van der Waals surface area contributed by atoms with E-state index < -0.39 is 36.4 Å². The van der Waals surface area contributed by atoms with Gasteiger partial charge in [-0.25, -0.2) is 4.79 Å². The van der Waals surface area contributed by atoms with Gasteiger partial charge in [0.1, 0.15) is 18.4 Å². The van der Waals surface area contributed by atoms with Gasteiger partial charge < -0.3 is 28.9 Å². The van der Waals surface area contributed by atoms with Gasteiger partial charge in [-0.3, -0.25) is 0 Å². The Bertz CT molecular complexity index is 781. The Balaban J connectivity index is 1.71. The van der Waals surface area contributed by atoms with Gasteiger partial charge in [0.2, 0.25) is 0 Å². The molecule has 150 valence electrons. The summed E-state index contributed by atoms with van der Waals surface area (Å²) in [7, 11) is 1.24. The molecule has 0 aliphatic carbocycles. The van der Waals surface area contributed by atoms with Crippen molar-refractivity contribution in [2.45, 2.75) is 57.3 Å². The number of fused-ring (bicyclic) bond motifs is 1. The van der Waals surface area contributed by atoms with E-state index in [0.29, 0.717) is 5.71 Å². The Labute approximate surface area is 163 Å². The Morgan fingerprint density at radius 2 is 2.07 bits per heavy atom. The van der Waals surface area contributed by atoms with Crippen molar-refractivity contribution in [3.05, 3.63) is 35.9 Å². The predicted molar refractivity (Wildman–Crippen MR) is 97.8 cm³/mol. The topological polar surface area (TPSA) is 95.8 Å². The van der Waals surface area contributed by atoms with Crippen molar-refractivity contribution in [3.8, 4) is 11.8 Å². The van der Waals surface area contributed by atoms with Crippen molar-refractivity contribution < 1.29 is 33.7 Å². The molecule has 0 radical (unpaired) electrons. The third kappa shape index (κ3) is 4.88. The number of carbonyl (C=O) groups is 1. The Hall–Kier alpha value is -2.44. The average molecular weight is 389 g/mol. The number of carbonyl (C=O) groups excluding carboxylic acids is 1. The number of esters is 1. The van der Waals surface area contributed by atoms with Crippen molar-refractivity contribution in [2.75, 3.05) is 7.11 Å². The monoisotopic (exact) mass is 389 g/mol. The molecule has 8 heteroatoms. The number of benzene rings is 1. The third-order valence-electron chi connectivity index (χ3n) is 4.20. The minimum absolute atomic E-state index is 0.0136. The zero-order valence-electron chi connectivity index (χ0n) is 16.0. The fraction of sp³-hybridized carbons (Fsp3) is 0.500. The van der Waals surface area contributed by atoms with E-state index in [1.807, 2.05) is 30.3 Å². The lowest BCUT2D eigenvalue weighted by Crippen LogP contribution is -2.37. The van der Waals surface area contributed by atoms with Gasteiger partial charge in [-0.05, 0) is 19.4 Å². The maximum absolute atomic E-state index is 11.1. The second kappa shape index (κ2) is 8.71. The molecule has 1 N–H and O–H groups in total. The quantitative estimate of drug-likeness (QED) is 0.352. The minimum atomic E-state index is -1.04. The van der Waals surface area contributed by atoms with E-state index in [4.69, 9.17) is 19.0 Å². The van der Waals surface area contributed by atoms with Crippen molar-refractivity contribution >= 4 is 11.7 Å². The van der Waals surface area contributed by atoms with Crippen molar-refractivity contribution in [2.24, 2.45) is 5.16 Å². The minimum Gasteiger partial charge on any atom is -0.459 e. The van der Waals surface area contributed by atoms with E-state index in [1.54, 1.807) is 13.8 Å². The molecule has 0 amide bonds. The zero-order chi connectivity index (χ0) is 20.1. The summed E-state index contributed by atoms with van der Waals surface area (Å²) in [6.45, 7) is 3.80. The van der Waals surface area contributed by atoms with Crippen LogP contribution >= 0.6 is 0 Å². The van der Waals surface area contributed by atoms with Crippen LogP contribution in [0.25, 0.3) is 0 Å². The molecule has 2 heterocycles. The maximum atomic E-state index is 11.1. The highest BCUT2D eigenvalue weighted by atomic mass is 16.8. The van der Waals surface area contributed by atoms with E-state index in [1.165, 1.54) is 7.11 Å². The molecule has 0 unspecified atom stereocenters. The summed E-state index contributed by atoms with van der Waals surface area (Å²) >= 11 is 0. The van der Waals surface area contributed by atoms with Gasteiger partial charge in [0.05, 0.1) is 13.2 Å². The van der Waals surface area contributed by atoms with Crippen LogP contribution < -0.4 is 0 Å². The number of ether oxygens (including phenoxy) is 4. The van der Waals surface area contributed by atoms with Gasteiger partial charge in [-0.1, -0.05) is 41.4 Å². The second-order valence-corrected chi connectivity index (χ2v) is 6.82. The second-order valence-electron chi connectivity index (χ2n) is 6.82. The van der Waals surface area contributed by atoms with Gasteiger partial charge in [0.25, 0.3) is 0 Å². The van der Waals surface area contributed by atoms with Crippen LogP contribution in [0.1, 0.15) is 25.8 Å². The summed E-state index contributed by atoms with van der Waals surface area (Å²) in [6, 6.07) is 9.56. The SMILES string of the molecule is COC(=O)C#CC[C@@H](O)[C@H]1O[C@@H]2OC(C)(C)O[C@@H]2/C1=N\OCc1ccccc1. The number of rotatable bonds is 5. The molecule has 4 atom stereocenters. The molecule has 3 rings (SSSR count). The maximum Gasteiger partial charge on any atom is 0.384 e. The predicted octanol–water partition coefficient (Wildman–Crippen LogP) is 1.36. The van der Waals surface area contributed by atoms with Crippen LogP contribution in [-0.4, -0.2) is 54.3 Å². The van der Waals surface area contributed by atoms with Crippen LogP contribution in [0.2, 0.25) is 0 Å². The molecular formula is C20H23NO7. The zero-order valence-corrected chi connectivity index (χ0v) is 16.0. The summed E-state index contributed by atoms with van der Waals surface area (Å²) in [6.07, 6.45) is -3.19. The van der Waals surface area contributed by atoms with Crippen molar-refractivity contribution in [3.63, 3.8) is 0 Å². The van der Waals surface area contributed by atoms with E-state index in [0.717, 1.165) is 5.56 Å². The van der Waals surface area contributed by atoms with Crippen LogP contribution in [-0.2, 0) is 35.2 Å². The van der Waals surface area contributed by atoms with Crippen molar-refractivity contribution in [1.29, 1.82) is 0 Å². The largest absolute Gasteiger partial charge is 0.459 e. The van der Waals surface area contributed by atoms with Gasteiger partial charge in [0, 0.05) is 12.3 Å². The van der Waals surface area contributed by atoms with E-state index >= 15 is 0 Å². The van der Waals surface area contributed by atoms with E-state index in [2.05, 4.69) is 21.7 Å². The molecule has 2 aliphatic heterocycles. The Kier molecular flexibility index (Phi) is 6.31. The van der Waals surface area contributed by atoms with Crippen molar-refractivity contribution in [1.82, 2.24) is 0 Å². The fourth-order valence-electron chi connectivity index (χ4n) is 2.94. The number of oxime groups is 1. The normalized spacial score (nSPS) is 27.6. The number of aliphatic hydroxyl groups is 1. The molecule has 2 aliphatic rings. The van der Waals surface area contributed by atoms with E-state index in [-0.39, 0.29) is 13.0 Å². The molecule has 1 aromatic rings. The summed E-state index contributed by atoms with van der Waals surface area (Å²) in [5.41, 5.74) is 1.34. The van der Waals surface area contributed by atoms with Crippen LogP contribution in [0.4, 0.5) is 0 Å². The molecule has 0 spiro atoms. The first-order valence-electron chi connectivity index (χ1n) is 8.89. The molecule has 28 heavy (non-hydrogen) atoms. The van der Waals surface area contributed by atoms with Gasteiger partial charge >= 0.3 is 5.97 Å². The van der Waals surface area contributed by atoms with Crippen LogP contribution in [0.5, 0.6) is 0 Å². The molecule has 2 saturated heterocycles. The summed E-state index contributed by atoms with van der Waals surface area (Å²) in [5, 5.41) is 14.7. The number of methoxy groups -OCH3 is 1. The molecule has 1 aromatic carbocycles. The highest BCUT2D eigenvalue weighted by Gasteiger charge is 2.54. The molecule has 0 aromatic heterocycles. The van der Waals surface area contributed by atoms with E-state index in [9.17, 15) is 9.90 Å². The standard InChI is InChI=1S/C20H23NO7/c1-20(2)27-18-16(21-25-12-13-8-5-4-6-9-13)17(26-19(18)28-20)14(22)10-7-11-15(23)24-3/h4-6,8-9,14,17-19,22H,10,12H2,1-3H3/b21-16-/t14-,17-,18-,19-/m1/s1. The third-order valence-corrected chi connectivity index (χ3v) is 4.20. The smallest absolute Gasteiger partial charge is 0.384 e. The first kappa shape index (κ1) is 20.3. The molecule has 2 fully saturated rings.